The number of nitro benzene ring substituents is 1. The van der Waals surface area contributed by atoms with Crippen LogP contribution in [0.25, 0.3) is 0 Å². The van der Waals surface area contributed by atoms with Crippen LogP contribution < -0.4 is 10.9 Å². The number of halogens is 1. The molecular weight excluding hydrogens is 392 g/mol. The van der Waals surface area contributed by atoms with Gasteiger partial charge in [-0.2, -0.15) is 0 Å². The first-order chi connectivity index (χ1) is 12.8. The zero-order valence-electron chi connectivity index (χ0n) is 14.7. The van der Waals surface area contributed by atoms with Crippen LogP contribution in [-0.4, -0.2) is 26.1 Å². The van der Waals surface area contributed by atoms with Gasteiger partial charge in [-0.15, -0.1) is 0 Å². The number of aryl methyl sites for hydroxylation is 1. The first-order valence-electron chi connectivity index (χ1n) is 8.29. The number of amides is 1. The van der Waals surface area contributed by atoms with Gasteiger partial charge in [-0.25, -0.2) is 4.98 Å². The zero-order valence-corrected chi connectivity index (χ0v) is 16.3. The number of aromatic nitrogens is 2. The molecule has 1 aliphatic heterocycles. The molecule has 142 valence electrons. The predicted octanol–water partition coefficient (Wildman–Crippen LogP) is 3.04. The largest absolute Gasteiger partial charge is 0.320 e. The normalized spacial score (nSPS) is 15.9. The molecule has 1 amide bonds. The van der Waals surface area contributed by atoms with Gasteiger partial charge in [0.25, 0.3) is 11.2 Å². The average molecular weight is 409 g/mol. The number of hydrogen-bond donors (Lipinski definition) is 1. The Balaban J connectivity index is 1.86. The van der Waals surface area contributed by atoms with Crippen molar-refractivity contribution >= 4 is 40.6 Å². The van der Waals surface area contributed by atoms with Gasteiger partial charge in [0.05, 0.1) is 10.8 Å². The number of thioether (sulfide) groups is 1. The van der Waals surface area contributed by atoms with Gasteiger partial charge in [0.2, 0.25) is 5.91 Å². The molecule has 0 spiro atoms. The summed E-state index contributed by atoms with van der Waals surface area (Å²) in [5.41, 5.74) is 1.000. The van der Waals surface area contributed by atoms with Crippen LogP contribution in [0.4, 0.5) is 11.4 Å². The van der Waals surface area contributed by atoms with Crippen LogP contribution in [0.3, 0.4) is 0 Å². The minimum atomic E-state index is -0.582. The van der Waals surface area contributed by atoms with Crippen molar-refractivity contribution < 1.29 is 9.72 Å². The third-order valence-electron chi connectivity index (χ3n) is 4.39. The lowest BCUT2D eigenvalue weighted by Gasteiger charge is -2.25. The Morgan fingerprint density at radius 1 is 1.52 bits per heavy atom. The van der Waals surface area contributed by atoms with Gasteiger partial charge in [-0.1, -0.05) is 30.3 Å². The van der Waals surface area contributed by atoms with E-state index in [2.05, 4.69) is 10.3 Å². The molecule has 10 heteroatoms. The van der Waals surface area contributed by atoms with E-state index in [4.69, 9.17) is 11.6 Å². The predicted molar refractivity (Wildman–Crippen MR) is 104 cm³/mol. The molecule has 1 aromatic carbocycles. The maximum atomic E-state index is 12.7. The Bertz CT molecular complexity index is 992. The second-order valence-corrected chi connectivity index (χ2v) is 7.57. The van der Waals surface area contributed by atoms with Crippen LogP contribution in [0.1, 0.15) is 18.2 Å². The summed E-state index contributed by atoms with van der Waals surface area (Å²) in [5.74, 6) is -0.491. The van der Waals surface area contributed by atoms with Gasteiger partial charge >= 0.3 is 0 Å². The third-order valence-corrected chi connectivity index (χ3v) is 5.76. The lowest BCUT2D eigenvalue weighted by Crippen LogP contribution is -2.38. The van der Waals surface area contributed by atoms with Gasteiger partial charge in [0.15, 0.2) is 5.16 Å². The fourth-order valence-corrected chi connectivity index (χ4v) is 4.26. The lowest BCUT2D eigenvalue weighted by atomic mass is 10.1. The Morgan fingerprint density at radius 3 is 2.93 bits per heavy atom. The first-order valence-corrected chi connectivity index (χ1v) is 9.66. The van der Waals surface area contributed by atoms with E-state index in [0.717, 1.165) is 0 Å². The number of rotatable bonds is 4. The molecule has 2 aromatic rings. The Kier molecular flexibility index (Phi) is 5.52. The summed E-state index contributed by atoms with van der Waals surface area (Å²) in [6.07, 6.45) is 0.564. The van der Waals surface area contributed by atoms with E-state index in [0.29, 0.717) is 28.6 Å². The van der Waals surface area contributed by atoms with Gasteiger partial charge < -0.3 is 5.32 Å². The van der Waals surface area contributed by atoms with E-state index in [1.807, 2.05) is 6.92 Å². The molecule has 0 bridgehead atoms. The molecule has 2 heterocycles. The van der Waals surface area contributed by atoms with E-state index >= 15 is 0 Å². The second kappa shape index (κ2) is 7.69. The van der Waals surface area contributed by atoms with Crippen LogP contribution in [0.5, 0.6) is 0 Å². The molecule has 1 aliphatic rings. The molecule has 0 fully saturated rings. The summed E-state index contributed by atoms with van der Waals surface area (Å²) < 4.78 is 1.51. The summed E-state index contributed by atoms with van der Waals surface area (Å²) in [6.45, 7) is 3.87. The third kappa shape index (κ3) is 3.84. The number of nitro groups is 1. The highest BCUT2D eigenvalue weighted by atomic mass is 35.5. The Morgan fingerprint density at radius 2 is 2.26 bits per heavy atom. The number of hydrogen-bond acceptors (Lipinski definition) is 6. The fraction of sp³-hybridized carbons (Fsp3) is 0.353. The smallest absolute Gasteiger partial charge is 0.292 e. The van der Waals surface area contributed by atoms with Gasteiger partial charge in [0, 0.05) is 34.6 Å². The van der Waals surface area contributed by atoms with Crippen LogP contribution in [-0.2, 0) is 17.8 Å². The topological polar surface area (TPSA) is 107 Å². The van der Waals surface area contributed by atoms with E-state index in [9.17, 15) is 19.7 Å². The molecule has 0 saturated carbocycles. The van der Waals surface area contributed by atoms with Crippen LogP contribution in [0.15, 0.2) is 28.2 Å². The molecule has 1 atom stereocenters. The maximum Gasteiger partial charge on any atom is 0.292 e. The quantitative estimate of drug-likeness (QED) is 0.473. The van der Waals surface area contributed by atoms with Crippen molar-refractivity contribution in [3.8, 4) is 0 Å². The van der Waals surface area contributed by atoms with Crippen molar-refractivity contribution in [2.75, 3.05) is 11.1 Å². The summed E-state index contributed by atoms with van der Waals surface area (Å²) >= 11 is 7.22. The van der Waals surface area contributed by atoms with Crippen molar-refractivity contribution in [3.63, 3.8) is 0 Å². The van der Waals surface area contributed by atoms with Crippen molar-refractivity contribution in [1.29, 1.82) is 0 Å². The van der Waals surface area contributed by atoms with Gasteiger partial charge in [0.1, 0.15) is 5.69 Å². The van der Waals surface area contributed by atoms with Crippen LogP contribution in [0.2, 0.25) is 5.02 Å². The van der Waals surface area contributed by atoms with Crippen molar-refractivity contribution in [1.82, 2.24) is 9.55 Å². The molecule has 1 unspecified atom stereocenters. The number of benzene rings is 1. The fourth-order valence-electron chi connectivity index (χ4n) is 2.96. The Hall–Kier alpha value is -2.39. The van der Waals surface area contributed by atoms with Crippen LogP contribution >= 0.6 is 23.4 Å². The van der Waals surface area contributed by atoms with Crippen molar-refractivity contribution in [2.24, 2.45) is 5.92 Å². The summed E-state index contributed by atoms with van der Waals surface area (Å²) in [7, 11) is 0. The zero-order chi connectivity index (χ0) is 19.7. The lowest BCUT2D eigenvalue weighted by molar-refractivity contribution is -0.383. The maximum absolute atomic E-state index is 12.7. The average Bonchev–Trinajstić information content (AvgIpc) is 2.61. The number of anilines is 1. The van der Waals surface area contributed by atoms with E-state index in [-0.39, 0.29) is 28.5 Å². The molecule has 0 saturated heterocycles. The molecule has 3 rings (SSSR count). The van der Waals surface area contributed by atoms with Gasteiger partial charge in [-0.05, 0) is 25.5 Å². The highest BCUT2D eigenvalue weighted by Gasteiger charge is 2.29. The number of fused-ring (bicyclic) bond motifs is 1. The number of carbonyl (C=O) groups is 1. The van der Waals surface area contributed by atoms with Crippen molar-refractivity contribution in [2.45, 2.75) is 32.0 Å². The standard InChI is InChI=1S/C17H17ClN4O4S/c1-3-12-9(2)19-17-21(16(12)24)7-10(8-27-17)15(23)20-13-6-11(18)4-5-14(13)22(25)26/h4-6,10H,3,7-8H2,1-2H3,(H,20,23). The summed E-state index contributed by atoms with van der Waals surface area (Å²) in [4.78, 5) is 40.4. The highest BCUT2D eigenvalue weighted by molar-refractivity contribution is 7.99. The number of carbonyl (C=O) groups excluding carboxylic acids is 1. The minimum absolute atomic E-state index is 0.0388. The SMILES string of the molecule is CCc1c(C)nc2n(c1=O)CC(C(=O)Nc1cc(Cl)ccc1[N+](=O)[O-])CS2. The molecule has 0 radical (unpaired) electrons. The van der Waals surface area contributed by atoms with Gasteiger partial charge in [-0.3, -0.25) is 24.3 Å². The number of nitrogens with one attached hydrogen (secondary N) is 1. The Labute approximate surface area is 164 Å². The van der Waals surface area contributed by atoms with Crippen LogP contribution in [0, 0.1) is 23.0 Å². The molecule has 0 aliphatic carbocycles. The molecular formula is C17H17ClN4O4S. The molecule has 1 N–H and O–H groups in total. The summed E-state index contributed by atoms with van der Waals surface area (Å²) in [5, 5.41) is 14.6. The van der Waals surface area contributed by atoms with Crippen molar-refractivity contribution in [3.05, 3.63) is 54.9 Å². The first kappa shape index (κ1) is 19.4. The molecule has 1 aromatic heterocycles. The number of nitrogens with zero attached hydrogens (tertiary/aromatic N) is 3. The van der Waals surface area contributed by atoms with E-state index in [1.165, 1.54) is 34.5 Å². The van der Waals surface area contributed by atoms with E-state index in [1.54, 1.807) is 6.92 Å². The molecule has 8 nitrogen and oxygen atoms in total. The highest BCUT2D eigenvalue weighted by Crippen LogP contribution is 2.30. The minimum Gasteiger partial charge on any atom is -0.320 e. The van der Waals surface area contributed by atoms with E-state index < -0.39 is 16.7 Å². The monoisotopic (exact) mass is 408 g/mol. The molecule has 27 heavy (non-hydrogen) atoms. The second-order valence-electron chi connectivity index (χ2n) is 6.14. The summed E-state index contributed by atoms with van der Waals surface area (Å²) in [6, 6.07) is 3.98.